The lowest BCUT2D eigenvalue weighted by Gasteiger charge is -2.20. The maximum absolute atomic E-state index is 13.2. The fourth-order valence-electron chi connectivity index (χ4n) is 5.58. The summed E-state index contributed by atoms with van der Waals surface area (Å²) < 4.78 is 10.9. The Hall–Kier alpha value is -4.91. The van der Waals surface area contributed by atoms with Crippen LogP contribution in [0.25, 0.3) is 0 Å². The van der Waals surface area contributed by atoms with Crippen LogP contribution in [0.4, 0.5) is 5.69 Å². The van der Waals surface area contributed by atoms with Crippen molar-refractivity contribution in [2.75, 3.05) is 25.6 Å². The second-order valence-electron chi connectivity index (χ2n) is 12.0. The number of hydrogen-bond donors (Lipinski definition) is 2. The summed E-state index contributed by atoms with van der Waals surface area (Å²) in [6, 6.07) is 33.7. The molecule has 0 aliphatic carbocycles. The van der Waals surface area contributed by atoms with Crippen molar-refractivity contribution in [3.8, 4) is 5.75 Å². The summed E-state index contributed by atoms with van der Waals surface area (Å²) in [5.41, 5.74) is 3.95. The summed E-state index contributed by atoms with van der Waals surface area (Å²) in [6.45, 7) is 1.07. The van der Waals surface area contributed by atoms with Gasteiger partial charge < -0.3 is 20.1 Å². The maximum atomic E-state index is 13.2. The lowest BCUT2D eigenvalue weighted by Crippen LogP contribution is -2.33. The van der Waals surface area contributed by atoms with Crippen molar-refractivity contribution in [2.45, 2.75) is 70.3 Å². The minimum Gasteiger partial charge on any atom is -0.494 e. The van der Waals surface area contributed by atoms with Crippen LogP contribution in [0.1, 0.15) is 78.4 Å². The molecule has 4 aromatic carbocycles. The third-order valence-electron chi connectivity index (χ3n) is 8.26. The molecule has 48 heavy (non-hydrogen) atoms. The standard InChI is InChI=1S/C41H48N2O5/c1-47-41(46)38(43-37-23-15-14-22-36(37)40(45)34-20-11-7-12-21-34)31-33-25-27-35(28-26-33)48-30-16-29-42-39(44)24-13-5-3-2-4-8-17-32-18-9-6-10-19-32/h6-7,9-12,14-15,18-23,25-28,38,43H,2-5,8,13,16-17,24,29-31H2,1H3,(H,42,44)/t38-/m0/s1. The van der Waals surface area contributed by atoms with Crippen molar-refractivity contribution >= 4 is 23.3 Å². The van der Waals surface area contributed by atoms with Gasteiger partial charge in [-0.05, 0) is 61.1 Å². The Morgan fingerprint density at radius 2 is 1.31 bits per heavy atom. The van der Waals surface area contributed by atoms with Crippen molar-refractivity contribution in [1.82, 2.24) is 5.32 Å². The number of ketones is 1. The number of benzene rings is 4. The van der Waals surface area contributed by atoms with Gasteiger partial charge in [0.15, 0.2) is 5.78 Å². The predicted molar refractivity (Wildman–Crippen MR) is 191 cm³/mol. The van der Waals surface area contributed by atoms with Crippen molar-refractivity contribution in [3.63, 3.8) is 0 Å². The summed E-state index contributed by atoms with van der Waals surface area (Å²) >= 11 is 0. The van der Waals surface area contributed by atoms with Crippen LogP contribution in [0.15, 0.2) is 109 Å². The van der Waals surface area contributed by atoms with E-state index in [1.54, 1.807) is 30.3 Å². The van der Waals surface area contributed by atoms with E-state index in [-0.39, 0.29) is 11.7 Å². The molecule has 2 N–H and O–H groups in total. The number of esters is 1. The largest absolute Gasteiger partial charge is 0.494 e. The maximum Gasteiger partial charge on any atom is 0.328 e. The molecule has 0 saturated heterocycles. The SMILES string of the molecule is COC(=O)[C@H](Cc1ccc(OCCCNC(=O)CCCCCCCCc2ccccc2)cc1)Nc1ccccc1C(=O)c1ccccc1. The average Bonchev–Trinajstić information content (AvgIpc) is 3.13. The topological polar surface area (TPSA) is 93.7 Å². The molecule has 0 saturated carbocycles. The van der Waals surface area contributed by atoms with E-state index in [0.717, 1.165) is 30.6 Å². The van der Waals surface area contributed by atoms with E-state index in [1.807, 2.05) is 48.5 Å². The van der Waals surface area contributed by atoms with E-state index >= 15 is 0 Å². The Morgan fingerprint density at radius 3 is 2.04 bits per heavy atom. The highest BCUT2D eigenvalue weighted by Crippen LogP contribution is 2.22. The molecule has 7 heteroatoms. The number of hydrogen-bond acceptors (Lipinski definition) is 6. The first-order chi connectivity index (χ1) is 23.5. The number of methoxy groups -OCH3 is 1. The Bertz CT molecular complexity index is 1540. The molecule has 0 fully saturated rings. The van der Waals surface area contributed by atoms with Crippen molar-refractivity contribution in [2.24, 2.45) is 0 Å². The van der Waals surface area contributed by atoms with Crippen LogP contribution in [0.2, 0.25) is 0 Å². The van der Waals surface area contributed by atoms with Gasteiger partial charge in [-0.3, -0.25) is 9.59 Å². The van der Waals surface area contributed by atoms with Gasteiger partial charge in [0.25, 0.3) is 0 Å². The third-order valence-corrected chi connectivity index (χ3v) is 8.26. The summed E-state index contributed by atoms with van der Waals surface area (Å²) in [7, 11) is 1.35. The van der Waals surface area contributed by atoms with E-state index in [0.29, 0.717) is 49.2 Å². The van der Waals surface area contributed by atoms with Gasteiger partial charge in [0.1, 0.15) is 11.8 Å². The van der Waals surface area contributed by atoms with Gasteiger partial charge in [-0.2, -0.15) is 0 Å². The van der Waals surface area contributed by atoms with Crippen LogP contribution in [0, 0.1) is 0 Å². The van der Waals surface area contributed by atoms with E-state index in [1.165, 1.54) is 38.4 Å². The summed E-state index contributed by atoms with van der Waals surface area (Å²) in [4.78, 5) is 38.1. The van der Waals surface area contributed by atoms with Gasteiger partial charge in [-0.25, -0.2) is 4.79 Å². The van der Waals surface area contributed by atoms with Crippen molar-refractivity contribution in [1.29, 1.82) is 0 Å². The van der Waals surface area contributed by atoms with Crippen LogP contribution in [0.5, 0.6) is 5.75 Å². The van der Waals surface area contributed by atoms with Gasteiger partial charge in [-0.15, -0.1) is 0 Å². The second kappa shape index (κ2) is 20.4. The van der Waals surface area contributed by atoms with Crippen molar-refractivity contribution < 1.29 is 23.9 Å². The first kappa shape index (κ1) is 35.9. The number of para-hydroxylation sites is 1. The molecular formula is C41H48N2O5. The predicted octanol–water partition coefficient (Wildman–Crippen LogP) is 7.97. The van der Waals surface area contributed by atoms with Crippen LogP contribution >= 0.6 is 0 Å². The van der Waals surface area contributed by atoms with E-state index in [9.17, 15) is 14.4 Å². The number of anilines is 1. The number of ether oxygens (including phenoxy) is 2. The Kier molecular flexibility index (Phi) is 15.2. The number of rotatable bonds is 21. The average molecular weight is 649 g/mol. The molecule has 0 bridgehead atoms. The molecule has 0 aliphatic heterocycles. The molecule has 252 valence electrons. The van der Waals surface area contributed by atoms with E-state index in [2.05, 4.69) is 41.0 Å². The van der Waals surface area contributed by atoms with Crippen LogP contribution in [0.3, 0.4) is 0 Å². The van der Waals surface area contributed by atoms with Gasteiger partial charge in [-0.1, -0.05) is 111 Å². The quantitative estimate of drug-likeness (QED) is 0.0541. The normalized spacial score (nSPS) is 11.4. The molecule has 0 aromatic heterocycles. The van der Waals surface area contributed by atoms with Gasteiger partial charge >= 0.3 is 5.97 Å². The lowest BCUT2D eigenvalue weighted by molar-refractivity contribution is -0.141. The molecule has 1 amide bonds. The Morgan fingerprint density at radius 1 is 0.667 bits per heavy atom. The molecule has 0 unspecified atom stereocenters. The lowest BCUT2D eigenvalue weighted by atomic mass is 10.00. The first-order valence-electron chi connectivity index (χ1n) is 17.1. The summed E-state index contributed by atoms with van der Waals surface area (Å²) in [5, 5.41) is 6.23. The summed E-state index contributed by atoms with van der Waals surface area (Å²) in [5.74, 6) is 0.271. The van der Waals surface area contributed by atoms with Crippen LogP contribution in [-0.2, 0) is 27.2 Å². The zero-order chi connectivity index (χ0) is 33.8. The van der Waals surface area contributed by atoms with Crippen LogP contribution < -0.4 is 15.4 Å². The highest BCUT2D eigenvalue weighted by molar-refractivity contribution is 6.12. The minimum absolute atomic E-state index is 0.101. The molecular weight excluding hydrogens is 600 g/mol. The number of carbonyl (C=O) groups excluding carboxylic acids is 3. The van der Waals surface area contributed by atoms with Gasteiger partial charge in [0, 0.05) is 36.2 Å². The highest BCUT2D eigenvalue weighted by atomic mass is 16.5. The molecule has 4 rings (SSSR count). The Labute approximate surface area is 285 Å². The van der Waals surface area contributed by atoms with Gasteiger partial charge in [0.2, 0.25) is 5.91 Å². The van der Waals surface area contributed by atoms with Gasteiger partial charge in [0.05, 0.1) is 13.7 Å². The van der Waals surface area contributed by atoms with Crippen LogP contribution in [-0.4, -0.2) is 44.0 Å². The molecule has 7 nitrogen and oxygen atoms in total. The molecule has 0 radical (unpaired) electrons. The number of unbranched alkanes of at least 4 members (excludes halogenated alkanes) is 5. The zero-order valence-electron chi connectivity index (χ0n) is 28.0. The molecule has 4 aromatic rings. The molecule has 0 aliphatic rings. The first-order valence-corrected chi connectivity index (χ1v) is 17.1. The highest BCUT2D eigenvalue weighted by Gasteiger charge is 2.22. The molecule has 0 heterocycles. The minimum atomic E-state index is -0.694. The zero-order valence-corrected chi connectivity index (χ0v) is 28.0. The molecule has 1 atom stereocenters. The Balaban J connectivity index is 1.12. The monoisotopic (exact) mass is 648 g/mol. The second-order valence-corrected chi connectivity index (χ2v) is 12.0. The molecule has 0 spiro atoms. The summed E-state index contributed by atoms with van der Waals surface area (Å²) in [6.07, 6.45) is 9.67. The number of aryl methyl sites for hydroxylation is 1. The van der Waals surface area contributed by atoms with E-state index in [4.69, 9.17) is 9.47 Å². The number of nitrogens with one attached hydrogen (secondary N) is 2. The van der Waals surface area contributed by atoms with Crippen molar-refractivity contribution in [3.05, 3.63) is 131 Å². The number of amides is 1. The third kappa shape index (κ3) is 12.4. The smallest absolute Gasteiger partial charge is 0.328 e. The van der Waals surface area contributed by atoms with E-state index < -0.39 is 12.0 Å². The fourth-order valence-corrected chi connectivity index (χ4v) is 5.58. The fraction of sp³-hybridized carbons (Fsp3) is 0.341. The number of carbonyl (C=O) groups is 3.